The molecule has 2 heterocycles. The van der Waals surface area contributed by atoms with E-state index in [9.17, 15) is 4.79 Å². The molecule has 0 saturated heterocycles. The van der Waals surface area contributed by atoms with Crippen LogP contribution in [-0.2, 0) is 13.1 Å². The molecule has 152 valence electrons. The number of amides is 1. The smallest absolute Gasteiger partial charge is 0.258 e. The highest BCUT2D eigenvalue weighted by Gasteiger charge is 2.25. The predicted molar refractivity (Wildman–Crippen MR) is 123 cm³/mol. The van der Waals surface area contributed by atoms with E-state index in [1.165, 1.54) is 35.1 Å². The number of aromatic nitrogens is 1. The van der Waals surface area contributed by atoms with Gasteiger partial charge >= 0.3 is 0 Å². The maximum Gasteiger partial charge on any atom is 0.258 e. The van der Waals surface area contributed by atoms with Crippen molar-refractivity contribution >= 4 is 17.2 Å². The Morgan fingerprint density at radius 1 is 1.03 bits per heavy atom. The molecule has 1 aromatic heterocycles. The van der Waals surface area contributed by atoms with Crippen LogP contribution in [0.15, 0.2) is 66.9 Å². The zero-order valence-corrected chi connectivity index (χ0v) is 17.8. The van der Waals surface area contributed by atoms with Gasteiger partial charge in [-0.05, 0) is 84.7 Å². The summed E-state index contributed by atoms with van der Waals surface area (Å²) in [7, 11) is 0. The summed E-state index contributed by atoms with van der Waals surface area (Å²) in [6.07, 6.45) is 8.16. The molecule has 1 atom stereocenters. The van der Waals surface area contributed by atoms with Crippen LogP contribution in [0.5, 0.6) is 0 Å². The van der Waals surface area contributed by atoms with Crippen LogP contribution in [0.3, 0.4) is 0 Å². The Morgan fingerprint density at radius 2 is 1.90 bits per heavy atom. The average Bonchev–Trinajstić information content (AvgIpc) is 3.13. The van der Waals surface area contributed by atoms with Gasteiger partial charge in [-0.25, -0.2) is 0 Å². The molecule has 0 fully saturated rings. The minimum Gasteiger partial charge on any atom is -0.345 e. The SMILES string of the molecule is Cc1cc(C(=O)N2Cc3cccn3Cc3ccccc32)ccc1C1=CCCCC1C. The van der Waals surface area contributed by atoms with E-state index in [4.69, 9.17) is 0 Å². The lowest BCUT2D eigenvalue weighted by Gasteiger charge is -2.25. The van der Waals surface area contributed by atoms with Gasteiger partial charge < -0.3 is 9.47 Å². The summed E-state index contributed by atoms with van der Waals surface area (Å²) in [4.78, 5) is 15.6. The summed E-state index contributed by atoms with van der Waals surface area (Å²) < 4.78 is 2.23. The zero-order valence-electron chi connectivity index (χ0n) is 17.8. The van der Waals surface area contributed by atoms with Crippen molar-refractivity contribution < 1.29 is 4.79 Å². The Kier molecular flexibility index (Phi) is 4.82. The molecule has 1 unspecified atom stereocenters. The van der Waals surface area contributed by atoms with E-state index in [2.05, 4.69) is 67.1 Å². The van der Waals surface area contributed by atoms with E-state index in [-0.39, 0.29) is 5.91 Å². The number of aryl methyl sites for hydroxylation is 1. The molecule has 3 heteroatoms. The fraction of sp³-hybridized carbons (Fsp3) is 0.296. The van der Waals surface area contributed by atoms with Gasteiger partial charge in [-0.15, -0.1) is 0 Å². The molecule has 30 heavy (non-hydrogen) atoms. The fourth-order valence-corrected chi connectivity index (χ4v) is 4.96. The number of nitrogens with zero attached hydrogens (tertiary/aromatic N) is 2. The van der Waals surface area contributed by atoms with Crippen molar-refractivity contribution in [3.8, 4) is 0 Å². The predicted octanol–water partition coefficient (Wildman–Crippen LogP) is 6.21. The molecule has 5 rings (SSSR count). The first-order valence-electron chi connectivity index (χ1n) is 11.0. The number of anilines is 1. The number of hydrogen-bond donors (Lipinski definition) is 0. The lowest BCUT2D eigenvalue weighted by Crippen LogP contribution is -2.30. The first-order chi connectivity index (χ1) is 14.6. The average molecular weight is 397 g/mol. The number of carbonyl (C=O) groups excluding carboxylic acids is 1. The highest BCUT2D eigenvalue weighted by atomic mass is 16.2. The van der Waals surface area contributed by atoms with Crippen LogP contribution in [0.25, 0.3) is 5.57 Å². The number of benzene rings is 2. The van der Waals surface area contributed by atoms with Gasteiger partial charge in [-0.1, -0.05) is 37.3 Å². The highest BCUT2D eigenvalue weighted by Crippen LogP contribution is 2.35. The van der Waals surface area contributed by atoms with E-state index in [1.807, 2.05) is 23.1 Å². The highest BCUT2D eigenvalue weighted by molar-refractivity contribution is 6.06. The van der Waals surface area contributed by atoms with Gasteiger partial charge in [-0.3, -0.25) is 4.79 Å². The largest absolute Gasteiger partial charge is 0.345 e. The lowest BCUT2D eigenvalue weighted by molar-refractivity contribution is 0.0985. The van der Waals surface area contributed by atoms with Gasteiger partial charge in [0.2, 0.25) is 0 Å². The quantitative estimate of drug-likeness (QED) is 0.506. The molecule has 0 spiro atoms. The van der Waals surface area contributed by atoms with Crippen molar-refractivity contribution in [3.05, 3.63) is 94.8 Å². The van der Waals surface area contributed by atoms with Crippen LogP contribution in [-0.4, -0.2) is 10.5 Å². The molecule has 0 radical (unpaired) electrons. The van der Waals surface area contributed by atoms with E-state index in [0.29, 0.717) is 12.5 Å². The van der Waals surface area contributed by atoms with Crippen molar-refractivity contribution in [1.29, 1.82) is 0 Å². The molecule has 1 amide bonds. The van der Waals surface area contributed by atoms with E-state index < -0.39 is 0 Å². The van der Waals surface area contributed by atoms with Crippen molar-refractivity contribution in [2.75, 3.05) is 4.90 Å². The number of allylic oxidation sites excluding steroid dienone is 2. The summed E-state index contributed by atoms with van der Waals surface area (Å²) in [5.41, 5.74) is 8.03. The van der Waals surface area contributed by atoms with Gasteiger partial charge in [-0.2, -0.15) is 0 Å². The lowest BCUT2D eigenvalue weighted by atomic mass is 9.83. The maximum absolute atomic E-state index is 13.7. The summed E-state index contributed by atoms with van der Waals surface area (Å²) in [5, 5.41) is 0. The molecule has 2 aromatic carbocycles. The molecular weight excluding hydrogens is 368 g/mol. The minimum atomic E-state index is 0.0671. The number of fused-ring (bicyclic) bond motifs is 2. The Hall–Kier alpha value is -3.07. The van der Waals surface area contributed by atoms with Crippen LogP contribution in [0.1, 0.15) is 58.9 Å². The standard InChI is InChI=1S/C27H28N2O/c1-19-8-3-5-11-24(19)25-14-13-21(16-20(25)2)27(30)29-18-23-10-7-15-28(23)17-22-9-4-6-12-26(22)29/h4,6-7,9-16,19H,3,5,8,17-18H2,1-2H3. The van der Waals surface area contributed by atoms with E-state index in [1.54, 1.807) is 0 Å². The second kappa shape index (κ2) is 7.64. The molecular formula is C27H28N2O. The topological polar surface area (TPSA) is 25.2 Å². The van der Waals surface area contributed by atoms with Gasteiger partial charge in [0.25, 0.3) is 5.91 Å². The Balaban J connectivity index is 1.51. The first kappa shape index (κ1) is 18.9. The normalized spacial score (nSPS) is 18.3. The zero-order chi connectivity index (χ0) is 20.7. The summed E-state index contributed by atoms with van der Waals surface area (Å²) in [6.45, 7) is 5.83. The third kappa shape index (κ3) is 3.28. The third-order valence-corrected chi connectivity index (χ3v) is 6.63. The second-order valence-electron chi connectivity index (χ2n) is 8.67. The Morgan fingerprint density at radius 3 is 2.73 bits per heavy atom. The van der Waals surface area contributed by atoms with Gasteiger partial charge in [0.15, 0.2) is 0 Å². The number of hydrogen-bond acceptors (Lipinski definition) is 1. The van der Waals surface area contributed by atoms with Crippen LogP contribution in [0, 0.1) is 12.8 Å². The molecule has 0 saturated carbocycles. The summed E-state index contributed by atoms with van der Waals surface area (Å²) in [5.74, 6) is 0.654. The molecule has 3 nitrogen and oxygen atoms in total. The fourth-order valence-electron chi connectivity index (χ4n) is 4.96. The van der Waals surface area contributed by atoms with Crippen molar-refractivity contribution in [2.45, 2.75) is 46.2 Å². The molecule has 2 aliphatic rings. The van der Waals surface area contributed by atoms with Gasteiger partial charge in [0.1, 0.15) is 0 Å². The van der Waals surface area contributed by atoms with Crippen LogP contribution in [0.4, 0.5) is 5.69 Å². The number of rotatable bonds is 2. The second-order valence-corrected chi connectivity index (χ2v) is 8.67. The van der Waals surface area contributed by atoms with Crippen molar-refractivity contribution in [1.82, 2.24) is 4.57 Å². The van der Waals surface area contributed by atoms with Crippen LogP contribution in [0.2, 0.25) is 0 Å². The van der Waals surface area contributed by atoms with Gasteiger partial charge in [0, 0.05) is 29.7 Å². The van der Waals surface area contributed by atoms with E-state index in [0.717, 1.165) is 29.9 Å². The minimum absolute atomic E-state index is 0.0671. The van der Waals surface area contributed by atoms with Crippen molar-refractivity contribution in [3.63, 3.8) is 0 Å². The Labute approximate surface area is 178 Å². The summed E-state index contributed by atoms with van der Waals surface area (Å²) in [6, 6.07) is 18.7. The number of para-hydroxylation sites is 1. The number of carbonyl (C=O) groups is 1. The molecule has 1 aliphatic carbocycles. The van der Waals surface area contributed by atoms with Crippen molar-refractivity contribution in [2.24, 2.45) is 5.92 Å². The molecule has 0 N–H and O–H groups in total. The van der Waals surface area contributed by atoms with Crippen LogP contribution >= 0.6 is 0 Å². The maximum atomic E-state index is 13.7. The summed E-state index contributed by atoms with van der Waals surface area (Å²) >= 11 is 0. The first-order valence-corrected chi connectivity index (χ1v) is 11.0. The third-order valence-electron chi connectivity index (χ3n) is 6.63. The molecule has 1 aliphatic heterocycles. The molecule has 3 aromatic rings. The van der Waals surface area contributed by atoms with E-state index >= 15 is 0 Å². The van der Waals surface area contributed by atoms with Gasteiger partial charge in [0.05, 0.1) is 6.54 Å². The van der Waals surface area contributed by atoms with Crippen LogP contribution < -0.4 is 4.90 Å². The molecule has 0 bridgehead atoms. The monoisotopic (exact) mass is 396 g/mol. The Bertz CT molecular complexity index is 1140.